The maximum absolute atomic E-state index is 13.6. The van der Waals surface area contributed by atoms with Gasteiger partial charge in [0.05, 0.1) is 16.1 Å². The number of carbonyl (C=O) groups excluding carboxylic acids is 1. The third-order valence-electron chi connectivity index (χ3n) is 6.15. The van der Waals surface area contributed by atoms with E-state index in [9.17, 15) is 19.1 Å². The Hall–Kier alpha value is -3.58. The van der Waals surface area contributed by atoms with Gasteiger partial charge in [-0.25, -0.2) is 9.37 Å². The van der Waals surface area contributed by atoms with Gasteiger partial charge in [-0.05, 0) is 42.7 Å². The van der Waals surface area contributed by atoms with Crippen molar-refractivity contribution < 1.29 is 19.1 Å². The Labute approximate surface area is 193 Å². The molecule has 2 N–H and O–H groups in total. The molecule has 2 atom stereocenters. The number of hydrogen-bond acceptors (Lipinski definition) is 5. The lowest BCUT2D eigenvalue weighted by atomic mass is 9.87. The number of ketones is 1. The van der Waals surface area contributed by atoms with Crippen molar-refractivity contribution in [1.29, 1.82) is 0 Å². The molecule has 1 aliphatic carbocycles. The highest BCUT2D eigenvalue weighted by molar-refractivity contribution is 7.22. The fourth-order valence-corrected chi connectivity index (χ4v) is 5.42. The number of nitrogens with zero attached hydrogens (tertiary/aromatic N) is 1. The average Bonchev–Trinajstić information content (AvgIpc) is 3.46. The van der Waals surface area contributed by atoms with E-state index in [0.29, 0.717) is 34.7 Å². The van der Waals surface area contributed by atoms with E-state index in [1.807, 2.05) is 36.4 Å². The highest BCUT2D eigenvalue weighted by Gasteiger charge is 2.38. The maximum atomic E-state index is 13.6. The first-order valence-corrected chi connectivity index (χ1v) is 11.6. The van der Waals surface area contributed by atoms with Crippen LogP contribution in [0.5, 0.6) is 0 Å². The molecule has 0 amide bonds. The summed E-state index contributed by atoms with van der Waals surface area (Å²) in [6.45, 7) is 0. The number of halogens is 1. The predicted octanol–water partition coefficient (Wildman–Crippen LogP) is 6.53. The van der Waals surface area contributed by atoms with Gasteiger partial charge < -0.3 is 10.4 Å². The summed E-state index contributed by atoms with van der Waals surface area (Å²) >= 11 is 1.33. The molecular formula is C26H21FN2O3S. The first-order chi connectivity index (χ1) is 16.0. The maximum Gasteiger partial charge on any atom is 0.307 e. The number of carboxylic acid groups (broad SMARTS) is 1. The van der Waals surface area contributed by atoms with Crippen LogP contribution < -0.4 is 5.32 Å². The van der Waals surface area contributed by atoms with Gasteiger partial charge in [0.2, 0.25) is 0 Å². The van der Waals surface area contributed by atoms with E-state index < -0.39 is 17.8 Å². The predicted molar refractivity (Wildman–Crippen MR) is 128 cm³/mol. The standard InChI is InChI=1S/C26H21FN2O3S/c27-17-10-12-21-23(14-17)33-26(28-21)29-22-13-16(9-11-18(22)15-5-2-1-3-6-15)24(30)19-7-4-8-20(19)25(31)32/h1-3,5-6,9-14,19-20H,4,7-8H2,(H,28,29)(H,31,32)/t19-,20-/m1/s1. The number of thiazole rings is 1. The van der Waals surface area contributed by atoms with Gasteiger partial charge in [-0.3, -0.25) is 9.59 Å². The van der Waals surface area contributed by atoms with Crippen LogP contribution in [0.4, 0.5) is 15.2 Å². The largest absolute Gasteiger partial charge is 0.481 e. The van der Waals surface area contributed by atoms with Crippen LogP contribution in [0, 0.1) is 17.7 Å². The van der Waals surface area contributed by atoms with Crippen LogP contribution in [0.1, 0.15) is 29.6 Å². The fraction of sp³-hybridized carbons (Fsp3) is 0.192. The van der Waals surface area contributed by atoms with E-state index in [0.717, 1.165) is 22.2 Å². The van der Waals surface area contributed by atoms with Gasteiger partial charge in [-0.2, -0.15) is 0 Å². The molecule has 0 aliphatic heterocycles. The number of hydrogen-bond donors (Lipinski definition) is 2. The van der Waals surface area contributed by atoms with Crippen molar-refractivity contribution in [2.75, 3.05) is 5.32 Å². The third kappa shape index (κ3) is 4.24. The normalized spacial score (nSPS) is 17.8. The highest BCUT2D eigenvalue weighted by atomic mass is 32.1. The van der Waals surface area contributed by atoms with Gasteiger partial charge in [0.15, 0.2) is 10.9 Å². The van der Waals surface area contributed by atoms with Gasteiger partial charge in [0.25, 0.3) is 0 Å². The molecule has 33 heavy (non-hydrogen) atoms. The Morgan fingerprint density at radius 1 is 1.00 bits per heavy atom. The summed E-state index contributed by atoms with van der Waals surface area (Å²) in [5.74, 6) is -2.52. The quantitative estimate of drug-likeness (QED) is 0.320. The van der Waals surface area contributed by atoms with Crippen molar-refractivity contribution >= 4 is 44.1 Å². The van der Waals surface area contributed by atoms with Crippen LogP contribution in [-0.2, 0) is 4.79 Å². The van der Waals surface area contributed by atoms with Crippen molar-refractivity contribution in [3.8, 4) is 11.1 Å². The fourth-order valence-electron chi connectivity index (χ4n) is 4.52. The summed E-state index contributed by atoms with van der Waals surface area (Å²) in [6.07, 6.45) is 1.85. The summed E-state index contributed by atoms with van der Waals surface area (Å²) in [4.78, 5) is 29.4. The van der Waals surface area contributed by atoms with Gasteiger partial charge >= 0.3 is 5.97 Å². The number of carboxylic acids is 1. The zero-order chi connectivity index (χ0) is 22.9. The minimum Gasteiger partial charge on any atom is -0.481 e. The van der Waals surface area contributed by atoms with E-state index in [4.69, 9.17) is 0 Å². The van der Waals surface area contributed by atoms with Crippen molar-refractivity contribution in [1.82, 2.24) is 4.98 Å². The Morgan fingerprint density at radius 3 is 2.58 bits per heavy atom. The number of fused-ring (bicyclic) bond motifs is 1. The Balaban J connectivity index is 1.54. The zero-order valence-electron chi connectivity index (χ0n) is 17.6. The summed E-state index contributed by atoms with van der Waals surface area (Å²) in [7, 11) is 0. The number of benzene rings is 3. The smallest absolute Gasteiger partial charge is 0.307 e. The molecule has 0 radical (unpaired) electrons. The second-order valence-corrected chi connectivity index (χ2v) is 9.26. The lowest BCUT2D eigenvalue weighted by molar-refractivity contribution is -0.142. The molecule has 1 saturated carbocycles. The van der Waals surface area contributed by atoms with Gasteiger partial charge in [-0.15, -0.1) is 0 Å². The molecule has 4 aromatic rings. The minimum absolute atomic E-state index is 0.145. The number of nitrogens with one attached hydrogen (secondary N) is 1. The first kappa shape index (κ1) is 21.3. The molecule has 5 nitrogen and oxygen atoms in total. The summed E-state index contributed by atoms with van der Waals surface area (Å²) < 4.78 is 14.3. The molecule has 166 valence electrons. The van der Waals surface area contributed by atoms with Crippen LogP contribution in [-0.4, -0.2) is 21.8 Å². The second-order valence-electron chi connectivity index (χ2n) is 8.23. The van der Waals surface area contributed by atoms with Crippen LogP contribution >= 0.6 is 11.3 Å². The van der Waals surface area contributed by atoms with Crippen molar-refractivity contribution in [2.45, 2.75) is 19.3 Å². The van der Waals surface area contributed by atoms with E-state index in [1.54, 1.807) is 18.2 Å². The van der Waals surface area contributed by atoms with Crippen LogP contribution in [0.15, 0.2) is 66.7 Å². The number of Topliss-reactive ketones (excluding diaryl/α,β-unsaturated/α-hetero) is 1. The molecule has 1 heterocycles. The lowest BCUT2D eigenvalue weighted by Gasteiger charge is -2.17. The molecule has 1 aliphatic rings. The van der Waals surface area contributed by atoms with Crippen molar-refractivity contribution in [3.63, 3.8) is 0 Å². The number of anilines is 2. The molecule has 7 heteroatoms. The molecule has 1 fully saturated rings. The number of rotatable bonds is 6. The van der Waals surface area contributed by atoms with E-state index in [2.05, 4.69) is 10.3 Å². The summed E-state index contributed by atoms with van der Waals surface area (Å²) in [5.41, 5.74) is 3.71. The monoisotopic (exact) mass is 460 g/mol. The summed E-state index contributed by atoms with van der Waals surface area (Å²) in [5, 5.41) is 13.4. The number of carbonyl (C=O) groups is 2. The molecule has 3 aromatic carbocycles. The number of aliphatic carboxylic acids is 1. The Kier molecular flexibility index (Phi) is 5.64. The van der Waals surface area contributed by atoms with E-state index in [-0.39, 0.29) is 11.6 Å². The minimum atomic E-state index is -0.910. The average molecular weight is 461 g/mol. The molecule has 0 unspecified atom stereocenters. The highest BCUT2D eigenvalue weighted by Crippen LogP contribution is 2.38. The molecule has 1 aromatic heterocycles. The molecule has 0 saturated heterocycles. The van der Waals surface area contributed by atoms with Gasteiger partial charge in [0, 0.05) is 22.7 Å². The topological polar surface area (TPSA) is 79.3 Å². The third-order valence-corrected chi connectivity index (χ3v) is 7.08. The number of aromatic nitrogens is 1. The molecule has 0 bridgehead atoms. The lowest BCUT2D eigenvalue weighted by Crippen LogP contribution is -2.25. The van der Waals surface area contributed by atoms with Crippen LogP contribution in [0.25, 0.3) is 21.3 Å². The van der Waals surface area contributed by atoms with Gasteiger partial charge in [0.1, 0.15) is 5.82 Å². The van der Waals surface area contributed by atoms with E-state index >= 15 is 0 Å². The Bertz CT molecular complexity index is 1350. The van der Waals surface area contributed by atoms with Crippen LogP contribution in [0.2, 0.25) is 0 Å². The summed E-state index contributed by atoms with van der Waals surface area (Å²) in [6, 6.07) is 19.6. The molecule has 5 rings (SSSR count). The molecule has 0 spiro atoms. The van der Waals surface area contributed by atoms with Gasteiger partial charge in [-0.1, -0.05) is 60.2 Å². The SMILES string of the molecule is O=C(O)[C@@H]1CCC[C@H]1C(=O)c1ccc(-c2ccccc2)c(Nc2nc3ccc(F)cc3s2)c1. The van der Waals surface area contributed by atoms with Crippen LogP contribution in [0.3, 0.4) is 0 Å². The van der Waals surface area contributed by atoms with E-state index in [1.165, 1.54) is 23.5 Å². The first-order valence-electron chi connectivity index (χ1n) is 10.8. The Morgan fingerprint density at radius 2 is 1.79 bits per heavy atom. The molecular weight excluding hydrogens is 439 g/mol. The van der Waals surface area contributed by atoms with Crippen molar-refractivity contribution in [2.24, 2.45) is 11.8 Å². The second kappa shape index (κ2) is 8.75. The zero-order valence-corrected chi connectivity index (χ0v) is 18.4. The van der Waals surface area contributed by atoms with Crippen molar-refractivity contribution in [3.05, 3.63) is 78.1 Å².